The highest BCUT2D eigenvalue weighted by molar-refractivity contribution is 5.80. The lowest BCUT2D eigenvalue weighted by Crippen LogP contribution is -1.98. The monoisotopic (exact) mass is 534 g/mol. The van der Waals surface area contributed by atoms with E-state index in [2.05, 4.69) is 72.4 Å². The molecule has 0 aromatic heterocycles. The van der Waals surface area contributed by atoms with Crippen molar-refractivity contribution in [3.8, 4) is 11.5 Å². The second-order valence-electron chi connectivity index (χ2n) is 10.5. The van der Waals surface area contributed by atoms with Crippen LogP contribution in [0.4, 0.5) is 0 Å². The van der Waals surface area contributed by atoms with Gasteiger partial charge < -0.3 is 9.47 Å². The highest BCUT2D eigenvalue weighted by Crippen LogP contribution is 2.15. The lowest BCUT2D eigenvalue weighted by atomic mass is 10.1. The SMILES string of the molecule is CCCCCCN=Cc1ccc(OCCCCCCCCCOc2ccc(C=NCCCCCC)cc2)cc1. The zero-order valence-electron chi connectivity index (χ0n) is 24.9. The van der Waals surface area contributed by atoms with Gasteiger partial charge in [-0.15, -0.1) is 0 Å². The molecule has 2 rings (SSSR count). The second kappa shape index (κ2) is 23.3. The van der Waals surface area contributed by atoms with E-state index in [1.54, 1.807) is 0 Å². The molecule has 0 amide bonds. The molecule has 0 saturated heterocycles. The van der Waals surface area contributed by atoms with Crippen molar-refractivity contribution < 1.29 is 9.47 Å². The predicted molar refractivity (Wildman–Crippen MR) is 169 cm³/mol. The largest absolute Gasteiger partial charge is 0.494 e. The first kappa shape index (κ1) is 32.6. The van der Waals surface area contributed by atoms with Gasteiger partial charge in [0, 0.05) is 25.5 Å². The van der Waals surface area contributed by atoms with Crippen molar-refractivity contribution in [3.05, 3.63) is 59.7 Å². The van der Waals surface area contributed by atoms with Crippen LogP contribution in [0.2, 0.25) is 0 Å². The Hall–Kier alpha value is -2.62. The van der Waals surface area contributed by atoms with Gasteiger partial charge in [-0.05, 0) is 85.3 Å². The van der Waals surface area contributed by atoms with Gasteiger partial charge in [0.2, 0.25) is 0 Å². The Morgan fingerprint density at radius 1 is 0.462 bits per heavy atom. The van der Waals surface area contributed by atoms with Crippen LogP contribution in [0.1, 0.15) is 121 Å². The number of hydrogen-bond donors (Lipinski definition) is 0. The maximum atomic E-state index is 5.91. The molecule has 0 atom stereocenters. The van der Waals surface area contributed by atoms with Gasteiger partial charge >= 0.3 is 0 Å². The van der Waals surface area contributed by atoms with Gasteiger partial charge in [0.05, 0.1) is 13.2 Å². The smallest absolute Gasteiger partial charge is 0.119 e. The van der Waals surface area contributed by atoms with Gasteiger partial charge in [0.1, 0.15) is 11.5 Å². The molecule has 4 nitrogen and oxygen atoms in total. The van der Waals surface area contributed by atoms with E-state index in [1.807, 2.05) is 12.4 Å². The van der Waals surface area contributed by atoms with E-state index in [1.165, 1.54) is 83.5 Å². The number of nitrogens with zero attached hydrogens (tertiary/aromatic N) is 2. The predicted octanol–water partition coefficient (Wildman–Crippen LogP) is 9.87. The molecule has 2 aromatic rings. The van der Waals surface area contributed by atoms with Gasteiger partial charge in [-0.2, -0.15) is 0 Å². The zero-order chi connectivity index (χ0) is 27.6. The number of unbranched alkanes of at least 4 members (excludes halogenated alkanes) is 12. The van der Waals surface area contributed by atoms with Crippen molar-refractivity contribution in [2.24, 2.45) is 9.98 Å². The molecule has 0 heterocycles. The summed E-state index contributed by atoms with van der Waals surface area (Å²) in [6.07, 6.45) is 22.6. The van der Waals surface area contributed by atoms with Crippen LogP contribution in [0, 0.1) is 0 Å². The highest BCUT2D eigenvalue weighted by Gasteiger charge is 1.98. The standard InChI is InChI=1S/C35H54N2O2/c1-3-5-7-14-26-36-30-32-18-22-34(23-19-32)38-28-16-12-10-9-11-13-17-29-39-35-24-20-33(21-25-35)31-37-27-15-8-6-4-2/h18-25,30-31H,3-17,26-29H2,1-2H3. The number of aliphatic imine (C=N–C) groups is 2. The molecular formula is C35H54N2O2. The van der Waals surface area contributed by atoms with Gasteiger partial charge in [-0.1, -0.05) is 84.5 Å². The van der Waals surface area contributed by atoms with Gasteiger partial charge in [0.25, 0.3) is 0 Å². The minimum Gasteiger partial charge on any atom is -0.494 e. The van der Waals surface area contributed by atoms with E-state index in [9.17, 15) is 0 Å². The van der Waals surface area contributed by atoms with Crippen molar-refractivity contribution in [2.75, 3.05) is 26.3 Å². The van der Waals surface area contributed by atoms with Crippen LogP contribution >= 0.6 is 0 Å². The minimum atomic E-state index is 0.794. The summed E-state index contributed by atoms with van der Waals surface area (Å²) in [5.74, 6) is 1.91. The summed E-state index contributed by atoms with van der Waals surface area (Å²) >= 11 is 0. The first-order valence-electron chi connectivity index (χ1n) is 15.8. The van der Waals surface area contributed by atoms with E-state index >= 15 is 0 Å². The number of benzene rings is 2. The molecule has 2 aromatic carbocycles. The average Bonchev–Trinajstić information content (AvgIpc) is 2.97. The van der Waals surface area contributed by atoms with E-state index in [0.717, 1.165) is 61.8 Å². The van der Waals surface area contributed by atoms with Crippen LogP contribution in [0.3, 0.4) is 0 Å². The van der Waals surface area contributed by atoms with Crippen LogP contribution in [0.25, 0.3) is 0 Å². The molecule has 4 heteroatoms. The summed E-state index contributed by atoms with van der Waals surface area (Å²) in [5.41, 5.74) is 2.30. The molecule has 0 radical (unpaired) electrons. The van der Waals surface area contributed by atoms with Crippen LogP contribution < -0.4 is 9.47 Å². The molecule has 0 unspecified atom stereocenters. The molecule has 0 spiro atoms. The van der Waals surface area contributed by atoms with Crippen LogP contribution in [-0.4, -0.2) is 38.7 Å². The Morgan fingerprint density at radius 2 is 0.821 bits per heavy atom. The van der Waals surface area contributed by atoms with Crippen molar-refractivity contribution in [1.29, 1.82) is 0 Å². The third-order valence-corrected chi connectivity index (χ3v) is 6.85. The van der Waals surface area contributed by atoms with Crippen LogP contribution in [0.15, 0.2) is 58.5 Å². The summed E-state index contributed by atoms with van der Waals surface area (Å²) in [5, 5.41) is 0. The molecule has 0 aliphatic heterocycles. The Bertz CT molecular complexity index is 801. The Labute approximate surface area is 239 Å². The quantitative estimate of drug-likeness (QED) is 0.0993. The molecule has 0 aliphatic rings. The molecule has 0 N–H and O–H groups in total. The van der Waals surface area contributed by atoms with Crippen LogP contribution in [-0.2, 0) is 0 Å². The van der Waals surface area contributed by atoms with Gasteiger partial charge in [-0.3, -0.25) is 9.98 Å². The first-order chi connectivity index (χ1) is 19.3. The van der Waals surface area contributed by atoms with Crippen LogP contribution in [0.5, 0.6) is 11.5 Å². The summed E-state index contributed by atoms with van der Waals surface area (Å²) in [6.45, 7) is 7.92. The Kier molecular flexibility index (Phi) is 19.5. The molecule has 0 saturated carbocycles. The molecule has 0 fully saturated rings. The molecule has 0 aliphatic carbocycles. The number of hydrogen-bond acceptors (Lipinski definition) is 4. The van der Waals surface area contributed by atoms with Gasteiger partial charge in [-0.25, -0.2) is 0 Å². The van der Waals surface area contributed by atoms with Crippen molar-refractivity contribution >= 4 is 12.4 Å². The topological polar surface area (TPSA) is 43.2 Å². The molecule has 39 heavy (non-hydrogen) atoms. The van der Waals surface area contributed by atoms with Crippen molar-refractivity contribution in [2.45, 2.75) is 110 Å². The fourth-order valence-electron chi connectivity index (χ4n) is 4.37. The minimum absolute atomic E-state index is 0.794. The fourth-order valence-corrected chi connectivity index (χ4v) is 4.37. The summed E-state index contributed by atoms with van der Waals surface area (Å²) in [6, 6.07) is 16.6. The van der Waals surface area contributed by atoms with E-state index in [0.29, 0.717) is 0 Å². The Balaban J connectivity index is 1.40. The lowest BCUT2D eigenvalue weighted by Gasteiger charge is -2.07. The normalized spacial score (nSPS) is 11.5. The molecule has 0 bridgehead atoms. The summed E-state index contributed by atoms with van der Waals surface area (Å²) in [4.78, 5) is 9.05. The zero-order valence-corrected chi connectivity index (χ0v) is 24.9. The summed E-state index contributed by atoms with van der Waals surface area (Å²) in [7, 11) is 0. The number of rotatable bonds is 24. The third kappa shape index (κ3) is 17.6. The lowest BCUT2D eigenvalue weighted by molar-refractivity contribution is 0.299. The highest BCUT2D eigenvalue weighted by atomic mass is 16.5. The van der Waals surface area contributed by atoms with Crippen molar-refractivity contribution in [3.63, 3.8) is 0 Å². The maximum Gasteiger partial charge on any atom is 0.119 e. The number of ether oxygens (including phenoxy) is 2. The second-order valence-corrected chi connectivity index (χ2v) is 10.5. The van der Waals surface area contributed by atoms with E-state index in [4.69, 9.17) is 9.47 Å². The molecule has 216 valence electrons. The van der Waals surface area contributed by atoms with Gasteiger partial charge in [0.15, 0.2) is 0 Å². The summed E-state index contributed by atoms with van der Waals surface area (Å²) < 4.78 is 11.8. The third-order valence-electron chi connectivity index (χ3n) is 6.85. The first-order valence-corrected chi connectivity index (χ1v) is 15.8. The Morgan fingerprint density at radius 3 is 1.21 bits per heavy atom. The average molecular weight is 535 g/mol. The van der Waals surface area contributed by atoms with E-state index < -0.39 is 0 Å². The van der Waals surface area contributed by atoms with E-state index in [-0.39, 0.29) is 0 Å². The molecular weight excluding hydrogens is 480 g/mol. The fraction of sp³-hybridized carbons (Fsp3) is 0.600. The van der Waals surface area contributed by atoms with Crippen molar-refractivity contribution in [1.82, 2.24) is 0 Å². The maximum absolute atomic E-state index is 5.91.